The van der Waals surface area contributed by atoms with Crippen molar-refractivity contribution in [1.82, 2.24) is 0 Å². The summed E-state index contributed by atoms with van der Waals surface area (Å²) < 4.78 is 0. The maximum Gasteiger partial charge on any atom is -0.0351 e. The van der Waals surface area contributed by atoms with Crippen LogP contribution in [0.5, 0.6) is 0 Å². The van der Waals surface area contributed by atoms with Gasteiger partial charge in [-0.3, -0.25) is 0 Å². The number of hydrogen-bond donors (Lipinski definition) is 0. The van der Waals surface area contributed by atoms with Crippen molar-refractivity contribution in [3.05, 3.63) is 37.0 Å². The van der Waals surface area contributed by atoms with Crippen LogP contribution < -0.4 is 0 Å². The van der Waals surface area contributed by atoms with Crippen molar-refractivity contribution in [2.75, 3.05) is 0 Å². The Morgan fingerprint density at radius 2 is 0.514 bits per heavy atom. The molecule has 0 aromatic heterocycles. The Morgan fingerprint density at radius 3 is 0.784 bits per heavy atom. The van der Waals surface area contributed by atoms with E-state index in [0.717, 1.165) is 0 Å². The van der Waals surface area contributed by atoms with Crippen LogP contribution in [0.3, 0.4) is 0 Å². The van der Waals surface area contributed by atoms with Crippen LogP contribution in [0.4, 0.5) is 0 Å². The standard InChI is InChI=1S/C37H70/c1-3-5-7-9-11-13-15-17-19-21-23-25-27-29-31-33-35-37-36-34-32-30-28-26-24-22-20-18-16-14-12-10-8-6-4-2/h3,29-32H,1,4-28,33-37H2,2H3. The summed E-state index contributed by atoms with van der Waals surface area (Å²) in [5, 5.41) is 0. The van der Waals surface area contributed by atoms with Gasteiger partial charge in [0.2, 0.25) is 0 Å². The van der Waals surface area contributed by atoms with Crippen molar-refractivity contribution in [3.63, 3.8) is 0 Å². The maximum atomic E-state index is 3.80. The lowest BCUT2D eigenvalue weighted by atomic mass is 10.0. The molecule has 0 bridgehead atoms. The summed E-state index contributed by atoms with van der Waals surface area (Å²) >= 11 is 0. The highest BCUT2D eigenvalue weighted by atomic mass is 14.0. The largest absolute Gasteiger partial charge is 0.103 e. The third-order valence-corrected chi connectivity index (χ3v) is 7.83. The van der Waals surface area contributed by atoms with Crippen LogP contribution in [0.15, 0.2) is 37.0 Å². The quantitative estimate of drug-likeness (QED) is 0.0618. The molecular weight excluding hydrogens is 444 g/mol. The van der Waals surface area contributed by atoms with E-state index in [9.17, 15) is 0 Å². The molecule has 0 heteroatoms. The van der Waals surface area contributed by atoms with E-state index in [4.69, 9.17) is 0 Å². The number of allylic oxidation sites excluding steroid dienone is 5. The topological polar surface area (TPSA) is 0 Å². The van der Waals surface area contributed by atoms with Crippen molar-refractivity contribution in [1.29, 1.82) is 0 Å². The molecule has 0 saturated carbocycles. The Morgan fingerprint density at radius 1 is 0.297 bits per heavy atom. The van der Waals surface area contributed by atoms with Crippen molar-refractivity contribution in [3.8, 4) is 0 Å². The third kappa shape index (κ3) is 35.2. The average molecular weight is 515 g/mol. The summed E-state index contributed by atoms with van der Waals surface area (Å²) in [6.45, 7) is 6.10. The van der Waals surface area contributed by atoms with Crippen molar-refractivity contribution >= 4 is 0 Å². The smallest absolute Gasteiger partial charge is 0.0351 e. The Labute approximate surface area is 236 Å². The van der Waals surface area contributed by atoms with Gasteiger partial charge in [0.1, 0.15) is 0 Å². The predicted molar refractivity (Wildman–Crippen MR) is 173 cm³/mol. The van der Waals surface area contributed by atoms with E-state index >= 15 is 0 Å². The summed E-state index contributed by atoms with van der Waals surface area (Å²) in [6.07, 6.45) is 53.9. The third-order valence-electron chi connectivity index (χ3n) is 7.83. The molecule has 0 atom stereocenters. The van der Waals surface area contributed by atoms with E-state index in [1.54, 1.807) is 0 Å². The van der Waals surface area contributed by atoms with E-state index < -0.39 is 0 Å². The molecule has 37 heavy (non-hydrogen) atoms. The molecule has 0 aromatic rings. The zero-order chi connectivity index (χ0) is 26.7. The van der Waals surface area contributed by atoms with Crippen LogP contribution in [-0.2, 0) is 0 Å². The van der Waals surface area contributed by atoms with Gasteiger partial charge in [-0.2, -0.15) is 0 Å². The summed E-state index contributed by atoms with van der Waals surface area (Å²) in [4.78, 5) is 0. The van der Waals surface area contributed by atoms with Gasteiger partial charge >= 0.3 is 0 Å². The zero-order valence-electron chi connectivity index (χ0n) is 25.8. The number of hydrogen-bond acceptors (Lipinski definition) is 0. The van der Waals surface area contributed by atoms with Gasteiger partial charge in [0.15, 0.2) is 0 Å². The van der Waals surface area contributed by atoms with E-state index in [1.807, 2.05) is 0 Å². The highest BCUT2D eigenvalue weighted by Crippen LogP contribution is 2.14. The Bertz CT molecular complexity index is 457. The minimum atomic E-state index is 1.20. The van der Waals surface area contributed by atoms with Crippen LogP contribution in [-0.4, -0.2) is 0 Å². The van der Waals surface area contributed by atoms with E-state index in [-0.39, 0.29) is 0 Å². The predicted octanol–water partition coefficient (Wildman–Crippen LogP) is 14.0. The molecule has 0 spiro atoms. The van der Waals surface area contributed by atoms with Gasteiger partial charge in [-0.1, -0.05) is 166 Å². The lowest BCUT2D eigenvalue weighted by Crippen LogP contribution is -1.82. The van der Waals surface area contributed by atoms with Crippen LogP contribution in [0.25, 0.3) is 0 Å². The first kappa shape index (κ1) is 36.2. The van der Waals surface area contributed by atoms with Crippen LogP contribution >= 0.6 is 0 Å². The number of rotatable bonds is 32. The summed E-state index contributed by atoms with van der Waals surface area (Å²) in [7, 11) is 0. The molecule has 0 aliphatic carbocycles. The lowest BCUT2D eigenvalue weighted by Gasteiger charge is -2.02. The summed E-state index contributed by atoms with van der Waals surface area (Å²) in [5.41, 5.74) is 0. The fourth-order valence-corrected chi connectivity index (χ4v) is 5.24. The van der Waals surface area contributed by atoms with E-state index in [2.05, 4.69) is 43.9 Å². The molecule has 0 saturated heterocycles. The van der Waals surface area contributed by atoms with Crippen molar-refractivity contribution < 1.29 is 0 Å². The maximum absolute atomic E-state index is 3.80. The Balaban J connectivity index is 3.14. The molecule has 0 unspecified atom stereocenters. The van der Waals surface area contributed by atoms with Crippen molar-refractivity contribution in [2.45, 2.75) is 200 Å². The molecule has 0 aromatic carbocycles. The first-order valence-electron chi connectivity index (χ1n) is 17.3. The lowest BCUT2D eigenvalue weighted by molar-refractivity contribution is 0.545. The first-order valence-corrected chi connectivity index (χ1v) is 17.3. The highest BCUT2D eigenvalue weighted by molar-refractivity contribution is 4.83. The van der Waals surface area contributed by atoms with Crippen LogP contribution in [0.1, 0.15) is 200 Å². The summed E-state index contributed by atoms with van der Waals surface area (Å²) in [5.74, 6) is 0. The first-order chi connectivity index (χ1) is 18.4. The van der Waals surface area contributed by atoms with E-state index in [1.165, 1.54) is 193 Å². The Kier molecular flexibility index (Phi) is 34.5. The molecule has 0 fully saturated rings. The molecule has 0 rings (SSSR count). The molecule has 0 nitrogen and oxygen atoms in total. The zero-order valence-corrected chi connectivity index (χ0v) is 25.8. The Hall–Kier alpha value is -0.780. The second-order valence-electron chi connectivity index (χ2n) is 11.7. The molecule has 0 amide bonds. The molecular formula is C37H70. The highest BCUT2D eigenvalue weighted by Gasteiger charge is 1.94. The van der Waals surface area contributed by atoms with Gasteiger partial charge in [0.05, 0.1) is 0 Å². The average Bonchev–Trinajstić information content (AvgIpc) is 2.91. The van der Waals surface area contributed by atoms with Crippen LogP contribution in [0.2, 0.25) is 0 Å². The molecule has 0 aliphatic heterocycles. The van der Waals surface area contributed by atoms with Gasteiger partial charge in [-0.15, -0.1) is 6.58 Å². The number of unbranched alkanes of at least 4 members (excludes halogenated alkanes) is 27. The second-order valence-corrected chi connectivity index (χ2v) is 11.7. The molecule has 218 valence electrons. The molecule has 0 heterocycles. The van der Waals surface area contributed by atoms with Gasteiger partial charge in [-0.25, -0.2) is 0 Å². The van der Waals surface area contributed by atoms with Gasteiger partial charge in [0, 0.05) is 0 Å². The van der Waals surface area contributed by atoms with Gasteiger partial charge < -0.3 is 0 Å². The fraction of sp³-hybridized carbons (Fsp3) is 0.838. The molecule has 0 radical (unpaired) electrons. The normalized spacial score (nSPS) is 11.8. The monoisotopic (exact) mass is 515 g/mol. The van der Waals surface area contributed by atoms with Gasteiger partial charge in [0.25, 0.3) is 0 Å². The minimum Gasteiger partial charge on any atom is -0.103 e. The second kappa shape index (κ2) is 35.2. The molecule has 0 N–H and O–H groups in total. The van der Waals surface area contributed by atoms with Gasteiger partial charge in [-0.05, 0) is 64.2 Å². The van der Waals surface area contributed by atoms with Crippen molar-refractivity contribution in [2.24, 2.45) is 0 Å². The molecule has 0 aliphatic rings. The van der Waals surface area contributed by atoms with E-state index in [0.29, 0.717) is 0 Å². The summed E-state index contributed by atoms with van der Waals surface area (Å²) in [6, 6.07) is 0. The van der Waals surface area contributed by atoms with Crippen LogP contribution in [0, 0.1) is 0 Å². The SMILES string of the molecule is C=CCCCCCCCCCCCCC=CCCCCCC=CCCCCCCCCCCCCCC. The fourth-order valence-electron chi connectivity index (χ4n) is 5.24. The minimum absolute atomic E-state index is 1.20.